The van der Waals surface area contributed by atoms with Gasteiger partial charge in [0.1, 0.15) is 0 Å². The maximum atomic E-state index is 4.85. The second kappa shape index (κ2) is 6.67. The van der Waals surface area contributed by atoms with Gasteiger partial charge in [0.15, 0.2) is 0 Å². The molecule has 3 aromatic rings. The maximum absolute atomic E-state index is 4.85. The molecule has 0 aromatic heterocycles. The Hall–Kier alpha value is -2.67. The van der Waals surface area contributed by atoms with Crippen molar-refractivity contribution in [3.63, 3.8) is 0 Å². The molecule has 0 radical (unpaired) electrons. The fraction of sp³-hybridized carbons (Fsp3) is 0.0500. The third kappa shape index (κ3) is 3.46. The molecular weight excluding hydrogens is 254 g/mol. The molecule has 3 rings (SSSR count). The lowest BCUT2D eigenvalue weighted by Gasteiger charge is -2.07. The Bertz CT molecular complexity index is 659. The van der Waals surface area contributed by atoms with Gasteiger partial charge in [-0.1, -0.05) is 91.0 Å². The van der Waals surface area contributed by atoms with E-state index in [1.54, 1.807) is 0 Å². The molecule has 1 nitrogen and oxygen atoms in total. The summed E-state index contributed by atoms with van der Waals surface area (Å²) in [5.41, 5.74) is 4.57. The van der Waals surface area contributed by atoms with Crippen molar-refractivity contribution in [3.05, 3.63) is 108 Å². The lowest BCUT2D eigenvalue weighted by molar-refractivity contribution is 1.07. The molecule has 0 atom stereocenters. The van der Waals surface area contributed by atoms with Gasteiger partial charge in [0, 0.05) is 11.1 Å². The number of hydrogen-bond donors (Lipinski definition) is 0. The molecule has 1 heteroatoms. The van der Waals surface area contributed by atoms with Gasteiger partial charge in [-0.3, -0.25) is 4.99 Å². The van der Waals surface area contributed by atoms with E-state index in [0.717, 1.165) is 16.8 Å². The summed E-state index contributed by atoms with van der Waals surface area (Å²) in [6, 6.07) is 31.1. The number of nitrogens with zero attached hydrogens (tertiary/aromatic N) is 1. The Kier molecular flexibility index (Phi) is 4.23. The van der Waals surface area contributed by atoms with Crippen molar-refractivity contribution in [2.24, 2.45) is 4.99 Å². The first-order valence-electron chi connectivity index (χ1n) is 7.13. The normalized spacial score (nSPS) is 10.1. The van der Waals surface area contributed by atoms with Crippen LogP contribution in [0, 0.1) is 0 Å². The van der Waals surface area contributed by atoms with Crippen LogP contribution < -0.4 is 0 Å². The summed E-state index contributed by atoms with van der Waals surface area (Å²) in [5.74, 6) is 0. The number of aliphatic imine (C=N–C) groups is 1. The highest BCUT2D eigenvalue weighted by Gasteiger charge is 2.05. The minimum atomic E-state index is 0.694. The topological polar surface area (TPSA) is 12.4 Å². The molecule has 0 spiro atoms. The third-order valence-corrected chi connectivity index (χ3v) is 3.36. The highest BCUT2D eigenvalue weighted by molar-refractivity contribution is 6.12. The minimum Gasteiger partial charge on any atom is -0.279 e. The Balaban J connectivity index is 1.97. The predicted octanol–water partition coefficient (Wildman–Crippen LogP) is 4.72. The van der Waals surface area contributed by atoms with Crippen LogP contribution in [0.3, 0.4) is 0 Å². The zero-order chi connectivity index (χ0) is 14.3. The molecule has 0 aliphatic carbocycles. The SMILES string of the molecule is c1ccc(CN=C(c2ccccc2)c2ccccc2)cc1. The van der Waals surface area contributed by atoms with Crippen LogP contribution in [-0.4, -0.2) is 5.71 Å². The molecule has 0 N–H and O–H groups in total. The van der Waals surface area contributed by atoms with Crippen LogP contribution in [0.2, 0.25) is 0 Å². The Morgan fingerprint density at radius 3 is 1.48 bits per heavy atom. The zero-order valence-corrected chi connectivity index (χ0v) is 11.8. The first-order chi connectivity index (χ1) is 10.4. The molecule has 0 fully saturated rings. The summed E-state index contributed by atoms with van der Waals surface area (Å²) in [5, 5.41) is 0. The van der Waals surface area contributed by atoms with Gasteiger partial charge in [-0.25, -0.2) is 0 Å². The van der Waals surface area contributed by atoms with Gasteiger partial charge >= 0.3 is 0 Å². The monoisotopic (exact) mass is 271 g/mol. The van der Waals surface area contributed by atoms with E-state index in [0.29, 0.717) is 6.54 Å². The highest BCUT2D eigenvalue weighted by atomic mass is 14.7. The maximum Gasteiger partial charge on any atom is 0.0723 e. The number of benzene rings is 3. The average molecular weight is 271 g/mol. The standard InChI is InChI=1S/C20H17N/c1-4-10-17(11-5-1)16-21-20(18-12-6-2-7-13-18)19-14-8-3-9-15-19/h1-15H,16H2. The minimum absolute atomic E-state index is 0.694. The van der Waals surface area contributed by atoms with Crippen molar-refractivity contribution >= 4 is 5.71 Å². The smallest absolute Gasteiger partial charge is 0.0723 e. The molecule has 0 saturated heterocycles. The van der Waals surface area contributed by atoms with E-state index in [4.69, 9.17) is 4.99 Å². The lowest BCUT2D eigenvalue weighted by atomic mass is 10.0. The van der Waals surface area contributed by atoms with E-state index in [1.807, 2.05) is 18.2 Å². The van der Waals surface area contributed by atoms with Crippen LogP contribution in [0.15, 0.2) is 96.0 Å². The summed E-state index contributed by atoms with van der Waals surface area (Å²) in [7, 11) is 0. The second-order valence-corrected chi connectivity index (χ2v) is 4.88. The van der Waals surface area contributed by atoms with Gasteiger partial charge in [-0.2, -0.15) is 0 Å². The Morgan fingerprint density at radius 2 is 1.00 bits per heavy atom. The summed E-state index contributed by atoms with van der Waals surface area (Å²) in [4.78, 5) is 4.85. The van der Waals surface area contributed by atoms with E-state index in [9.17, 15) is 0 Å². The van der Waals surface area contributed by atoms with Crippen molar-refractivity contribution in [1.82, 2.24) is 0 Å². The van der Waals surface area contributed by atoms with Crippen molar-refractivity contribution < 1.29 is 0 Å². The van der Waals surface area contributed by atoms with Crippen molar-refractivity contribution in [1.29, 1.82) is 0 Å². The van der Waals surface area contributed by atoms with Crippen molar-refractivity contribution in [2.75, 3.05) is 0 Å². The van der Waals surface area contributed by atoms with E-state index in [-0.39, 0.29) is 0 Å². The molecule has 3 aromatic carbocycles. The van der Waals surface area contributed by atoms with Gasteiger partial charge < -0.3 is 0 Å². The molecule has 21 heavy (non-hydrogen) atoms. The molecule has 0 unspecified atom stereocenters. The number of rotatable bonds is 4. The van der Waals surface area contributed by atoms with E-state index in [1.165, 1.54) is 5.56 Å². The van der Waals surface area contributed by atoms with Crippen LogP contribution >= 0.6 is 0 Å². The van der Waals surface area contributed by atoms with Crippen LogP contribution in [0.4, 0.5) is 0 Å². The van der Waals surface area contributed by atoms with Crippen LogP contribution in [0.1, 0.15) is 16.7 Å². The third-order valence-electron chi connectivity index (χ3n) is 3.36. The zero-order valence-electron chi connectivity index (χ0n) is 11.8. The van der Waals surface area contributed by atoms with Gasteiger partial charge in [0.2, 0.25) is 0 Å². The summed E-state index contributed by atoms with van der Waals surface area (Å²) >= 11 is 0. The first kappa shape index (κ1) is 13.3. The average Bonchev–Trinajstić information content (AvgIpc) is 2.58. The van der Waals surface area contributed by atoms with Crippen LogP contribution in [-0.2, 0) is 6.54 Å². The van der Waals surface area contributed by atoms with Crippen LogP contribution in [0.5, 0.6) is 0 Å². The molecule has 0 heterocycles. The van der Waals surface area contributed by atoms with Crippen molar-refractivity contribution in [3.8, 4) is 0 Å². The Labute approximate surface area is 125 Å². The van der Waals surface area contributed by atoms with Gasteiger partial charge in [0.05, 0.1) is 12.3 Å². The van der Waals surface area contributed by atoms with Crippen LogP contribution in [0.25, 0.3) is 0 Å². The highest BCUT2D eigenvalue weighted by Crippen LogP contribution is 2.12. The second-order valence-electron chi connectivity index (χ2n) is 4.88. The molecule has 0 bridgehead atoms. The quantitative estimate of drug-likeness (QED) is 0.609. The van der Waals surface area contributed by atoms with Gasteiger partial charge in [-0.15, -0.1) is 0 Å². The summed E-state index contributed by atoms with van der Waals surface area (Å²) < 4.78 is 0. The largest absolute Gasteiger partial charge is 0.279 e. The summed E-state index contributed by atoms with van der Waals surface area (Å²) in [6.45, 7) is 0.694. The van der Waals surface area contributed by atoms with E-state index < -0.39 is 0 Å². The summed E-state index contributed by atoms with van der Waals surface area (Å²) in [6.07, 6.45) is 0. The predicted molar refractivity (Wildman–Crippen MR) is 88.7 cm³/mol. The van der Waals surface area contributed by atoms with Crippen molar-refractivity contribution in [2.45, 2.75) is 6.54 Å². The van der Waals surface area contributed by atoms with E-state index >= 15 is 0 Å². The molecule has 102 valence electrons. The fourth-order valence-corrected chi connectivity index (χ4v) is 2.30. The fourth-order valence-electron chi connectivity index (χ4n) is 2.30. The molecular formula is C20H17N. The van der Waals surface area contributed by atoms with E-state index in [2.05, 4.69) is 72.8 Å². The molecule has 0 amide bonds. The molecule has 0 aliphatic heterocycles. The lowest BCUT2D eigenvalue weighted by Crippen LogP contribution is -2.03. The number of hydrogen-bond acceptors (Lipinski definition) is 1. The first-order valence-corrected chi connectivity index (χ1v) is 7.13. The molecule has 0 aliphatic rings. The molecule has 0 saturated carbocycles. The Morgan fingerprint density at radius 1 is 0.571 bits per heavy atom. The van der Waals surface area contributed by atoms with Gasteiger partial charge in [0.25, 0.3) is 0 Å². The van der Waals surface area contributed by atoms with Gasteiger partial charge in [-0.05, 0) is 5.56 Å².